The first-order valence-electron chi connectivity index (χ1n) is 10.0. The molecule has 6 heteroatoms. The smallest absolute Gasteiger partial charge is 0.303 e. The van der Waals surface area contributed by atoms with Gasteiger partial charge >= 0.3 is 5.97 Å². The van der Waals surface area contributed by atoms with Crippen molar-refractivity contribution >= 4 is 17.6 Å². The monoisotopic (exact) mass is 410 g/mol. The van der Waals surface area contributed by atoms with Gasteiger partial charge in [0, 0.05) is 18.8 Å². The molecule has 5 nitrogen and oxygen atoms in total. The standard InChI is InChI=1S/C22H31ClO5/c23-16-8-7-9-17(14-16)28-13-6-5-11-19-18(20(24)15-21(19)25)10-3-1-2-4-12-22(26)27/h1,3,5,7,9,11,14,16,18-21,24-25H,2,4,6,8,10,12-13,15H2,(H,26,27)/b3-1-,11-5+/t16?,18-,19-,20+,21-/m1/s1. The van der Waals surface area contributed by atoms with Crippen molar-refractivity contribution in [2.75, 3.05) is 6.61 Å². The molecule has 0 aromatic heterocycles. The van der Waals surface area contributed by atoms with Crippen LogP contribution in [0.2, 0.25) is 0 Å². The molecule has 2 aliphatic carbocycles. The summed E-state index contributed by atoms with van der Waals surface area (Å²) in [5.41, 5.74) is 0. The number of unbranched alkanes of at least 4 members (excludes halogenated alkanes) is 1. The normalized spacial score (nSPS) is 30.2. The van der Waals surface area contributed by atoms with Crippen LogP contribution in [0.15, 0.2) is 48.3 Å². The number of hydrogen-bond acceptors (Lipinski definition) is 4. The van der Waals surface area contributed by atoms with E-state index in [4.69, 9.17) is 21.4 Å². The molecule has 0 saturated heterocycles. The van der Waals surface area contributed by atoms with Gasteiger partial charge in [0.1, 0.15) is 5.76 Å². The zero-order valence-corrected chi connectivity index (χ0v) is 16.9. The average Bonchev–Trinajstić information content (AvgIpc) is 2.90. The van der Waals surface area contributed by atoms with Crippen LogP contribution in [0.5, 0.6) is 0 Å². The molecule has 3 N–H and O–H groups in total. The average molecular weight is 411 g/mol. The Morgan fingerprint density at radius 1 is 1.21 bits per heavy atom. The second kappa shape index (κ2) is 12.1. The number of carboxylic acid groups (broad SMARTS) is 1. The second-order valence-electron chi connectivity index (χ2n) is 7.39. The molecule has 0 heterocycles. The quantitative estimate of drug-likeness (QED) is 0.272. The third-order valence-electron chi connectivity index (χ3n) is 5.15. The summed E-state index contributed by atoms with van der Waals surface area (Å²) in [6, 6.07) is 0. The van der Waals surface area contributed by atoms with Gasteiger partial charge in [-0.2, -0.15) is 0 Å². The number of ether oxygens (including phenoxy) is 1. The molecule has 1 saturated carbocycles. The lowest BCUT2D eigenvalue weighted by molar-refractivity contribution is -0.137. The van der Waals surface area contributed by atoms with E-state index in [1.165, 1.54) is 0 Å². The Kier molecular flexibility index (Phi) is 9.82. The Bertz CT molecular complexity index is 610. The minimum Gasteiger partial charge on any atom is -0.494 e. The Hall–Kier alpha value is -1.56. The summed E-state index contributed by atoms with van der Waals surface area (Å²) in [7, 11) is 0. The van der Waals surface area contributed by atoms with Gasteiger partial charge in [-0.25, -0.2) is 0 Å². The fourth-order valence-electron chi connectivity index (χ4n) is 3.66. The van der Waals surface area contributed by atoms with Gasteiger partial charge in [-0.3, -0.25) is 4.79 Å². The van der Waals surface area contributed by atoms with Gasteiger partial charge in [-0.1, -0.05) is 30.4 Å². The number of carbonyl (C=O) groups is 1. The molecular formula is C22H31ClO5. The molecule has 5 atom stereocenters. The van der Waals surface area contributed by atoms with Crippen molar-refractivity contribution in [2.45, 2.75) is 62.5 Å². The van der Waals surface area contributed by atoms with Crippen molar-refractivity contribution in [3.05, 3.63) is 48.3 Å². The van der Waals surface area contributed by atoms with Crippen LogP contribution in [0.1, 0.15) is 44.9 Å². The van der Waals surface area contributed by atoms with E-state index in [-0.39, 0.29) is 23.6 Å². The minimum atomic E-state index is -0.782. The first-order chi connectivity index (χ1) is 13.5. The summed E-state index contributed by atoms with van der Waals surface area (Å²) in [6.45, 7) is 0.537. The summed E-state index contributed by atoms with van der Waals surface area (Å²) in [5.74, 6) is -0.0966. The first kappa shape index (κ1) is 22.7. The molecule has 0 spiro atoms. The minimum absolute atomic E-state index is 0.0105. The number of carboxylic acids is 1. The lowest BCUT2D eigenvalue weighted by atomic mass is 9.90. The van der Waals surface area contributed by atoms with Gasteiger partial charge in [0.2, 0.25) is 0 Å². The molecule has 0 radical (unpaired) electrons. The van der Waals surface area contributed by atoms with Crippen LogP contribution < -0.4 is 0 Å². The Labute approximate surface area is 172 Å². The number of hydrogen-bond donors (Lipinski definition) is 3. The molecule has 0 amide bonds. The Morgan fingerprint density at radius 2 is 2.04 bits per heavy atom. The van der Waals surface area contributed by atoms with Crippen LogP contribution in [0.25, 0.3) is 0 Å². The predicted molar refractivity (Wildman–Crippen MR) is 110 cm³/mol. The van der Waals surface area contributed by atoms with Crippen molar-refractivity contribution in [3.8, 4) is 0 Å². The maximum absolute atomic E-state index is 10.5. The summed E-state index contributed by atoms with van der Waals surface area (Å²) in [4.78, 5) is 10.5. The topological polar surface area (TPSA) is 87.0 Å². The van der Waals surface area contributed by atoms with Crippen molar-refractivity contribution in [1.82, 2.24) is 0 Å². The van der Waals surface area contributed by atoms with E-state index >= 15 is 0 Å². The van der Waals surface area contributed by atoms with E-state index in [2.05, 4.69) is 0 Å². The lowest BCUT2D eigenvalue weighted by Crippen LogP contribution is -2.19. The van der Waals surface area contributed by atoms with Crippen LogP contribution in [0.4, 0.5) is 0 Å². The van der Waals surface area contributed by atoms with E-state index in [0.29, 0.717) is 32.3 Å². The molecule has 0 aromatic rings. The van der Waals surface area contributed by atoms with Crippen molar-refractivity contribution in [3.63, 3.8) is 0 Å². The molecular weight excluding hydrogens is 380 g/mol. The SMILES string of the molecule is O=C(O)CCC/C=C\C[C@@H]1[C@@H](/C=C/CCOC2=CC(Cl)CC=C2)[C@H](O)C[C@@H]1O. The number of aliphatic hydroxyl groups excluding tert-OH is 2. The highest BCUT2D eigenvalue weighted by molar-refractivity contribution is 6.22. The molecule has 2 aliphatic rings. The third-order valence-corrected chi connectivity index (χ3v) is 5.46. The molecule has 28 heavy (non-hydrogen) atoms. The van der Waals surface area contributed by atoms with E-state index in [1.54, 1.807) is 0 Å². The summed E-state index contributed by atoms with van der Waals surface area (Å²) < 4.78 is 5.69. The molecule has 0 aromatic carbocycles. The molecule has 1 unspecified atom stereocenters. The first-order valence-corrected chi connectivity index (χ1v) is 10.5. The van der Waals surface area contributed by atoms with Crippen LogP contribution >= 0.6 is 11.6 Å². The maximum atomic E-state index is 10.5. The highest BCUT2D eigenvalue weighted by Gasteiger charge is 2.39. The van der Waals surface area contributed by atoms with E-state index in [0.717, 1.165) is 18.6 Å². The van der Waals surface area contributed by atoms with Crippen molar-refractivity contribution < 1.29 is 24.9 Å². The van der Waals surface area contributed by atoms with Crippen molar-refractivity contribution in [2.24, 2.45) is 11.8 Å². The molecule has 0 aliphatic heterocycles. The number of allylic oxidation sites excluding steroid dienone is 5. The maximum Gasteiger partial charge on any atom is 0.303 e. The van der Waals surface area contributed by atoms with E-state index in [9.17, 15) is 15.0 Å². The van der Waals surface area contributed by atoms with Crippen LogP contribution in [0, 0.1) is 11.8 Å². The van der Waals surface area contributed by atoms with Gasteiger partial charge in [-0.05, 0) is 50.2 Å². The van der Waals surface area contributed by atoms with Crippen LogP contribution in [-0.2, 0) is 9.53 Å². The zero-order valence-electron chi connectivity index (χ0n) is 16.1. The number of aliphatic carboxylic acids is 1. The summed E-state index contributed by atoms with van der Waals surface area (Å²) >= 11 is 6.06. The van der Waals surface area contributed by atoms with Gasteiger partial charge in [-0.15, -0.1) is 11.6 Å². The fraction of sp³-hybridized carbons (Fsp3) is 0.591. The van der Waals surface area contributed by atoms with Gasteiger partial charge in [0.15, 0.2) is 0 Å². The third kappa shape index (κ3) is 7.82. The highest BCUT2D eigenvalue weighted by Crippen LogP contribution is 2.36. The lowest BCUT2D eigenvalue weighted by Gasteiger charge is -2.19. The van der Waals surface area contributed by atoms with Gasteiger partial charge in [0.05, 0.1) is 24.2 Å². The van der Waals surface area contributed by atoms with Crippen molar-refractivity contribution in [1.29, 1.82) is 0 Å². The molecule has 0 bridgehead atoms. The second-order valence-corrected chi connectivity index (χ2v) is 7.95. The molecule has 1 fully saturated rings. The highest BCUT2D eigenvalue weighted by atomic mass is 35.5. The number of halogens is 1. The number of alkyl halides is 1. The molecule has 156 valence electrons. The van der Waals surface area contributed by atoms with Gasteiger partial charge < -0.3 is 20.1 Å². The summed E-state index contributed by atoms with van der Waals surface area (Å²) in [5, 5.41) is 29.1. The zero-order chi connectivity index (χ0) is 20.4. The largest absolute Gasteiger partial charge is 0.494 e. The number of rotatable bonds is 11. The Balaban J connectivity index is 1.74. The fourth-order valence-corrected chi connectivity index (χ4v) is 3.89. The van der Waals surface area contributed by atoms with E-state index in [1.807, 2.05) is 42.5 Å². The van der Waals surface area contributed by atoms with Crippen LogP contribution in [-0.4, -0.2) is 45.5 Å². The Morgan fingerprint density at radius 3 is 2.79 bits per heavy atom. The molecule has 2 rings (SSSR count). The summed E-state index contributed by atoms with van der Waals surface area (Å²) in [6.07, 6.45) is 16.8. The van der Waals surface area contributed by atoms with Gasteiger partial charge in [0.25, 0.3) is 0 Å². The number of aliphatic hydroxyl groups is 2. The predicted octanol–water partition coefficient (Wildman–Crippen LogP) is 3.96. The van der Waals surface area contributed by atoms with E-state index < -0.39 is 18.2 Å². The van der Waals surface area contributed by atoms with Crippen LogP contribution in [0.3, 0.4) is 0 Å².